The highest BCUT2D eigenvalue weighted by Gasteiger charge is 2.11. The molecule has 0 aliphatic heterocycles. The van der Waals surface area contributed by atoms with Crippen LogP contribution in [0.1, 0.15) is 21.7 Å². The third-order valence-corrected chi connectivity index (χ3v) is 3.49. The Morgan fingerprint density at radius 2 is 2.29 bits per heavy atom. The summed E-state index contributed by atoms with van der Waals surface area (Å²) in [6, 6.07) is 7.40. The van der Waals surface area contributed by atoms with Gasteiger partial charge in [-0.1, -0.05) is 12.1 Å². The normalized spacial score (nSPS) is 11.0. The van der Waals surface area contributed by atoms with E-state index in [4.69, 9.17) is 5.73 Å². The van der Waals surface area contributed by atoms with Gasteiger partial charge in [-0.3, -0.25) is 9.48 Å². The number of aromatic nitrogens is 3. The minimum Gasteiger partial charge on any atom is -0.397 e. The lowest BCUT2D eigenvalue weighted by atomic mass is 10.2. The summed E-state index contributed by atoms with van der Waals surface area (Å²) in [4.78, 5) is 15.3. The Balaban J connectivity index is 1.78. The molecule has 3 rings (SSSR count). The van der Waals surface area contributed by atoms with Gasteiger partial charge in [0.2, 0.25) is 0 Å². The number of carbonyl (C=O) groups is 1. The van der Waals surface area contributed by atoms with Gasteiger partial charge in [-0.25, -0.2) is 0 Å². The maximum atomic E-state index is 12.2. The van der Waals surface area contributed by atoms with Crippen LogP contribution < -0.4 is 11.1 Å². The van der Waals surface area contributed by atoms with Crippen molar-refractivity contribution in [3.63, 3.8) is 0 Å². The fourth-order valence-electron chi connectivity index (χ4n) is 2.39. The second-order valence-corrected chi connectivity index (χ2v) is 5.09. The van der Waals surface area contributed by atoms with E-state index in [1.165, 1.54) is 0 Å². The van der Waals surface area contributed by atoms with Crippen molar-refractivity contribution in [2.24, 2.45) is 7.05 Å². The quantitative estimate of drug-likeness (QED) is 0.639. The topological polar surface area (TPSA) is 88.7 Å². The van der Waals surface area contributed by atoms with Gasteiger partial charge in [0.05, 0.1) is 16.9 Å². The summed E-state index contributed by atoms with van der Waals surface area (Å²) in [5.41, 5.74) is 9.73. The molecule has 6 heteroatoms. The molecule has 2 aromatic heterocycles. The zero-order valence-corrected chi connectivity index (χ0v) is 12.0. The molecule has 2 heterocycles. The molecule has 0 fully saturated rings. The molecule has 1 aromatic carbocycles. The molecule has 1 amide bonds. The Labute approximate surface area is 121 Å². The van der Waals surface area contributed by atoms with Crippen molar-refractivity contribution in [2.45, 2.75) is 13.5 Å². The molecule has 0 unspecified atom stereocenters. The molecule has 0 saturated heterocycles. The number of nitrogens with one attached hydrogen (secondary N) is 2. The molecule has 4 N–H and O–H groups in total. The third-order valence-electron chi connectivity index (χ3n) is 3.49. The molecule has 0 spiro atoms. The number of nitrogens with two attached hydrogens (primary N) is 1. The highest BCUT2D eigenvalue weighted by atomic mass is 16.1. The number of amides is 1. The number of fused-ring (bicyclic) bond motifs is 1. The first-order valence-corrected chi connectivity index (χ1v) is 6.69. The van der Waals surface area contributed by atoms with Crippen LogP contribution in [-0.2, 0) is 13.6 Å². The largest absolute Gasteiger partial charge is 0.397 e. The molecule has 0 bridgehead atoms. The van der Waals surface area contributed by atoms with Gasteiger partial charge < -0.3 is 16.0 Å². The number of nitrogen functional groups attached to an aromatic ring is 1. The molecule has 0 aliphatic carbocycles. The Kier molecular flexibility index (Phi) is 3.13. The number of aryl methyl sites for hydroxylation is 2. The average molecular weight is 283 g/mol. The van der Waals surface area contributed by atoms with Gasteiger partial charge in [-0.2, -0.15) is 5.10 Å². The highest BCUT2D eigenvalue weighted by molar-refractivity contribution is 6.00. The molecule has 0 aliphatic rings. The smallest absolute Gasteiger partial charge is 0.267 e. The Bertz CT molecular complexity index is 815. The highest BCUT2D eigenvalue weighted by Crippen LogP contribution is 2.21. The van der Waals surface area contributed by atoms with Crippen LogP contribution in [0.25, 0.3) is 10.9 Å². The van der Waals surface area contributed by atoms with Gasteiger partial charge >= 0.3 is 0 Å². The third kappa shape index (κ3) is 2.47. The van der Waals surface area contributed by atoms with Gasteiger partial charge in [0.15, 0.2) is 0 Å². The monoisotopic (exact) mass is 283 g/mol. The summed E-state index contributed by atoms with van der Waals surface area (Å²) < 4.78 is 1.74. The SMILES string of the molecule is Cc1nn(C)cc1CNC(=O)c1cc2cccc(N)c2[nH]1. The van der Waals surface area contributed by atoms with Crippen LogP contribution in [0.3, 0.4) is 0 Å². The Morgan fingerprint density at radius 3 is 2.95 bits per heavy atom. The van der Waals surface area contributed by atoms with Crippen molar-refractivity contribution in [3.05, 3.63) is 47.4 Å². The van der Waals surface area contributed by atoms with Gasteiger partial charge in [-0.15, -0.1) is 0 Å². The summed E-state index contributed by atoms with van der Waals surface area (Å²) in [6.07, 6.45) is 1.90. The summed E-state index contributed by atoms with van der Waals surface area (Å²) in [5.74, 6) is -0.158. The van der Waals surface area contributed by atoms with E-state index in [9.17, 15) is 4.79 Å². The van der Waals surface area contributed by atoms with Gasteiger partial charge in [0.1, 0.15) is 5.69 Å². The van der Waals surface area contributed by atoms with Crippen LogP contribution in [0.5, 0.6) is 0 Å². The van der Waals surface area contributed by atoms with Crippen LogP contribution in [0.2, 0.25) is 0 Å². The first kappa shape index (κ1) is 13.2. The molecule has 3 aromatic rings. The van der Waals surface area contributed by atoms with Crippen LogP contribution >= 0.6 is 0 Å². The second-order valence-electron chi connectivity index (χ2n) is 5.09. The van der Waals surface area contributed by atoms with Crippen LogP contribution in [0.15, 0.2) is 30.5 Å². The standard InChI is InChI=1S/C15H17N5O/c1-9-11(8-20(2)19-9)7-17-15(21)13-6-10-4-3-5-12(16)14(10)18-13/h3-6,8,18H,7,16H2,1-2H3,(H,17,21). The summed E-state index contributed by atoms with van der Waals surface area (Å²) >= 11 is 0. The number of carbonyl (C=O) groups excluding carboxylic acids is 1. The lowest BCUT2D eigenvalue weighted by molar-refractivity contribution is 0.0946. The number of benzene rings is 1. The molecule has 0 atom stereocenters. The van der Waals surface area contributed by atoms with Crippen LogP contribution in [0.4, 0.5) is 5.69 Å². The number of rotatable bonds is 3. The van der Waals surface area contributed by atoms with Crippen molar-refractivity contribution in [1.29, 1.82) is 0 Å². The number of H-pyrrole nitrogens is 1. The number of aromatic amines is 1. The lowest BCUT2D eigenvalue weighted by Gasteiger charge is -2.02. The zero-order chi connectivity index (χ0) is 15.0. The molecule has 6 nitrogen and oxygen atoms in total. The molecular formula is C15H17N5O. The minimum absolute atomic E-state index is 0.158. The summed E-state index contributed by atoms with van der Waals surface area (Å²) in [5, 5.41) is 8.06. The van der Waals surface area contributed by atoms with Gasteiger partial charge in [-0.05, 0) is 19.1 Å². The predicted octanol–water partition coefficient (Wildman–Crippen LogP) is 1.72. The van der Waals surface area contributed by atoms with Crippen molar-refractivity contribution < 1.29 is 4.79 Å². The predicted molar refractivity (Wildman–Crippen MR) is 81.8 cm³/mol. The summed E-state index contributed by atoms with van der Waals surface area (Å²) in [6.45, 7) is 2.37. The van der Waals surface area contributed by atoms with E-state index in [0.717, 1.165) is 22.2 Å². The molecule has 0 saturated carbocycles. The number of anilines is 1. The van der Waals surface area contributed by atoms with Crippen molar-refractivity contribution in [1.82, 2.24) is 20.1 Å². The average Bonchev–Trinajstić information content (AvgIpc) is 3.00. The van der Waals surface area contributed by atoms with Crippen LogP contribution in [-0.4, -0.2) is 20.7 Å². The van der Waals surface area contributed by atoms with E-state index >= 15 is 0 Å². The Morgan fingerprint density at radius 1 is 1.48 bits per heavy atom. The number of para-hydroxylation sites is 1. The number of hydrogen-bond donors (Lipinski definition) is 3. The number of nitrogens with zero attached hydrogens (tertiary/aromatic N) is 2. The fraction of sp³-hybridized carbons (Fsp3) is 0.200. The molecule has 0 radical (unpaired) electrons. The van der Waals surface area contributed by atoms with Crippen molar-refractivity contribution in [3.8, 4) is 0 Å². The summed E-state index contributed by atoms with van der Waals surface area (Å²) in [7, 11) is 1.86. The van der Waals surface area contributed by atoms with E-state index in [1.807, 2.05) is 32.3 Å². The minimum atomic E-state index is -0.158. The number of hydrogen-bond acceptors (Lipinski definition) is 3. The molecular weight excluding hydrogens is 266 g/mol. The van der Waals surface area contributed by atoms with E-state index < -0.39 is 0 Å². The maximum absolute atomic E-state index is 12.2. The first-order valence-electron chi connectivity index (χ1n) is 6.69. The van der Waals surface area contributed by atoms with Crippen molar-refractivity contribution in [2.75, 3.05) is 5.73 Å². The van der Waals surface area contributed by atoms with Gasteiger partial charge in [0.25, 0.3) is 5.91 Å². The van der Waals surface area contributed by atoms with E-state index in [2.05, 4.69) is 15.4 Å². The van der Waals surface area contributed by atoms with Crippen LogP contribution in [0, 0.1) is 6.92 Å². The van der Waals surface area contributed by atoms with Gasteiger partial charge in [0, 0.05) is 30.7 Å². The first-order chi connectivity index (χ1) is 10.0. The molecule has 21 heavy (non-hydrogen) atoms. The Hall–Kier alpha value is -2.76. The maximum Gasteiger partial charge on any atom is 0.267 e. The van der Waals surface area contributed by atoms with E-state index in [1.54, 1.807) is 16.8 Å². The van der Waals surface area contributed by atoms with E-state index in [-0.39, 0.29) is 5.91 Å². The lowest BCUT2D eigenvalue weighted by Crippen LogP contribution is -2.23. The second kappa shape index (κ2) is 4.97. The van der Waals surface area contributed by atoms with Crippen molar-refractivity contribution >= 4 is 22.5 Å². The zero-order valence-electron chi connectivity index (χ0n) is 12.0. The fourth-order valence-corrected chi connectivity index (χ4v) is 2.39. The van der Waals surface area contributed by atoms with E-state index in [0.29, 0.717) is 17.9 Å². The molecule has 108 valence electrons.